The second-order valence-electron chi connectivity index (χ2n) is 4.83. The van der Waals surface area contributed by atoms with Crippen molar-refractivity contribution in [2.24, 2.45) is 5.92 Å². The lowest BCUT2D eigenvalue weighted by molar-refractivity contribution is -0.134. The number of nitrogens with one attached hydrogen (secondary N) is 1. The van der Waals surface area contributed by atoms with E-state index in [0.29, 0.717) is 25.0 Å². The normalized spacial score (nSPS) is 31.7. The summed E-state index contributed by atoms with van der Waals surface area (Å²) in [6, 6.07) is 0.572. The van der Waals surface area contributed by atoms with Crippen molar-refractivity contribution in [3.8, 4) is 0 Å². The maximum atomic E-state index is 11.7. The van der Waals surface area contributed by atoms with Gasteiger partial charge in [0.25, 0.3) is 0 Å². The molecule has 1 heterocycles. The van der Waals surface area contributed by atoms with Crippen molar-refractivity contribution in [2.45, 2.75) is 38.3 Å². The molecule has 4 nitrogen and oxygen atoms in total. The molecule has 86 valence electrons. The zero-order chi connectivity index (χ0) is 10.8. The fraction of sp³-hybridized carbons (Fsp3) is 0.909. The first-order valence-electron chi connectivity index (χ1n) is 5.86. The molecule has 0 aromatic rings. The van der Waals surface area contributed by atoms with E-state index in [9.17, 15) is 9.90 Å². The van der Waals surface area contributed by atoms with Gasteiger partial charge in [-0.2, -0.15) is 0 Å². The summed E-state index contributed by atoms with van der Waals surface area (Å²) in [7, 11) is 0. The van der Waals surface area contributed by atoms with E-state index in [1.807, 2.05) is 6.92 Å². The fourth-order valence-electron chi connectivity index (χ4n) is 1.91. The first-order valence-corrected chi connectivity index (χ1v) is 5.86. The molecule has 2 fully saturated rings. The fourth-order valence-corrected chi connectivity index (χ4v) is 1.91. The maximum absolute atomic E-state index is 11.7. The summed E-state index contributed by atoms with van der Waals surface area (Å²) in [6.07, 6.45) is 2.97. The van der Waals surface area contributed by atoms with Crippen LogP contribution in [0.4, 0.5) is 0 Å². The van der Waals surface area contributed by atoms with E-state index in [0.717, 1.165) is 13.0 Å². The third-order valence-electron chi connectivity index (χ3n) is 3.39. The van der Waals surface area contributed by atoms with Crippen LogP contribution in [-0.2, 0) is 4.79 Å². The van der Waals surface area contributed by atoms with Gasteiger partial charge in [0.2, 0.25) is 5.91 Å². The van der Waals surface area contributed by atoms with Crippen LogP contribution in [0.15, 0.2) is 0 Å². The largest absolute Gasteiger partial charge is 0.391 e. The Bertz CT molecular complexity index is 241. The minimum absolute atomic E-state index is 0.132. The number of carbonyl (C=O) groups is 1. The number of likely N-dealkylation sites (tertiary alicyclic amines) is 1. The van der Waals surface area contributed by atoms with Crippen molar-refractivity contribution in [1.82, 2.24) is 10.2 Å². The van der Waals surface area contributed by atoms with Gasteiger partial charge in [0.05, 0.1) is 12.6 Å². The molecule has 1 amide bonds. The predicted octanol–water partition coefficient (Wildman–Crippen LogP) is -0.0323. The van der Waals surface area contributed by atoms with Crippen molar-refractivity contribution < 1.29 is 9.90 Å². The minimum Gasteiger partial charge on any atom is -0.391 e. The molecule has 1 aliphatic heterocycles. The highest BCUT2D eigenvalue weighted by molar-refractivity contribution is 5.78. The number of rotatable bonds is 3. The summed E-state index contributed by atoms with van der Waals surface area (Å²) in [5.41, 5.74) is 0. The third-order valence-corrected chi connectivity index (χ3v) is 3.39. The molecular weight excluding hydrogens is 192 g/mol. The number of piperidine rings is 1. The van der Waals surface area contributed by atoms with Crippen LogP contribution in [0.5, 0.6) is 0 Å². The Hall–Kier alpha value is -0.610. The predicted molar refractivity (Wildman–Crippen MR) is 57.4 cm³/mol. The summed E-state index contributed by atoms with van der Waals surface area (Å²) >= 11 is 0. The van der Waals surface area contributed by atoms with E-state index in [4.69, 9.17) is 0 Å². The number of aliphatic hydroxyl groups is 1. The van der Waals surface area contributed by atoms with Crippen LogP contribution in [0.25, 0.3) is 0 Å². The number of amides is 1. The topological polar surface area (TPSA) is 52.6 Å². The summed E-state index contributed by atoms with van der Waals surface area (Å²) < 4.78 is 0. The van der Waals surface area contributed by atoms with Gasteiger partial charge in [0.1, 0.15) is 0 Å². The minimum atomic E-state index is -0.344. The highest BCUT2D eigenvalue weighted by atomic mass is 16.3. The molecule has 2 rings (SSSR count). The van der Waals surface area contributed by atoms with E-state index in [1.54, 1.807) is 4.90 Å². The van der Waals surface area contributed by atoms with Gasteiger partial charge in [-0.1, -0.05) is 6.92 Å². The molecule has 2 N–H and O–H groups in total. The lowest BCUT2D eigenvalue weighted by atomic mass is 9.96. The smallest absolute Gasteiger partial charge is 0.236 e. The summed E-state index contributed by atoms with van der Waals surface area (Å²) in [5, 5.41) is 12.9. The van der Waals surface area contributed by atoms with Crippen LogP contribution >= 0.6 is 0 Å². The van der Waals surface area contributed by atoms with E-state index >= 15 is 0 Å². The van der Waals surface area contributed by atoms with Crippen molar-refractivity contribution >= 4 is 5.91 Å². The molecule has 2 aliphatic rings. The Morgan fingerprint density at radius 3 is 2.80 bits per heavy atom. The van der Waals surface area contributed by atoms with Gasteiger partial charge in [0, 0.05) is 19.1 Å². The molecule has 1 aliphatic carbocycles. The number of hydrogen-bond acceptors (Lipinski definition) is 3. The molecule has 0 radical (unpaired) electrons. The van der Waals surface area contributed by atoms with Crippen molar-refractivity contribution in [2.75, 3.05) is 19.6 Å². The molecule has 0 aromatic carbocycles. The Morgan fingerprint density at radius 2 is 2.20 bits per heavy atom. The molecule has 4 heteroatoms. The maximum Gasteiger partial charge on any atom is 0.236 e. The molecule has 1 saturated carbocycles. The standard InChI is InChI=1S/C11H20N2O2/c1-8-4-5-13(7-10(8)14)11(15)6-12-9-2-3-9/h8-10,12,14H,2-7H2,1H3. The van der Waals surface area contributed by atoms with Crippen molar-refractivity contribution in [3.05, 3.63) is 0 Å². The molecule has 0 bridgehead atoms. The monoisotopic (exact) mass is 212 g/mol. The van der Waals surface area contributed by atoms with Crippen LogP contribution in [0.2, 0.25) is 0 Å². The van der Waals surface area contributed by atoms with Gasteiger partial charge in [-0.25, -0.2) is 0 Å². The number of aliphatic hydroxyl groups excluding tert-OH is 1. The van der Waals surface area contributed by atoms with E-state index in [2.05, 4.69) is 5.32 Å². The Labute approximate surface area is 90.6 Å². The lowest BCUT2D eigenvalue weighted by Crippen LogP contribution is -2.48. The van der Waals surface area contributed by atoms with Crippen LogP contribution in [-0.4, -0.2) is 47.7 Å². The van der Waals surface area contributed by atoms with Crippen LogP contribution in [0, 0.1) is 5.92 Å². The molecule has 0 spiro atoms. The third kappa shape index (κ3) is 2.92. The molecule has 2 unspecified atom stereocenters. The van der Waals surface area contributed by atoms with Crippen molar-refractivity contribution in [1.29, 1.82) is 0 Å². The average Bonchev–Trinajstić information content (AvgIpc) is 3.02. The Kier molecular flexibility index (Phi) is 3.26. The van der Waals surface area contributed by atoms with E-state index in [-0.39, 0.29) is 12.0 Å². The van der Waals surface area contributed by atoms with E-state index < -0.39 is 0 Å². The average molecular weight is 212 g/mol. The zero-order valence-electron chi connectivity index (χ0n) is 9.28. The van der Waals surface area contributed by atoms with Crippen LogP contribution in [0.3, 0.4) is 0 Å². The van der Waals surface area contributed by atoms with Crippen LogP contribution < -0.4 is 5.32 Å². The van der Waals surface area contributed by atoms with Gasteiger partial charge in [0.15, 0.2) is 0 Å². The SMILES string of the molecule is CC1CCN(C(=O)CNC2CC2)CC1O. The Morgan fingerprint density at radius 1 is 1.47 bits per heavy atom. The van der Waals surface area contributed by atoms with Gasteiger partial charge >= 0.3 is 0 Å². The first kappa shape index (κ1) is 10.9. The molecule has 1 saturated heterocycles. The zero-order valence-corrected chi connectivity index (χ0v) is 9.28. The van der Waals surface area contributed by atoms with Crippen molar-refractivity contribution in [3.63, 3.8) is 0 Å². The van der Waals surface area contributed by atoms with Gasteiger partial charge in [-0.15, -0.1) is 0 Å². The Balaban J connectivity index is 1.74. The lowest BCUT2D eigenvalue weighted by Gasteiger charge is -2.34. The summed E-state index contributed by atoms with van der Waals surface area (Å²) in [6.45, 7) is 3.77. The molecule has 15 heavy (non-hydrogen) atoms. The second kappa shape index (κ2) is 4.49. The first-order chi connectivity index (χ1) is 7.16. The molecular formula is C11H20N2O2. The summed E-state index contributed by atoms with van der Waals surface area (Å²) in [5.74, 6) is 0.457. The quantitative estimate of drug-likeness (QED) is 0.690. The number of carbonyl (C=O) groups excluding carboxylic acids is 1. The van der Waals surface area contributed by atoms with E-state index in [1.165, 1.54) is 12.8 Å². The van der Waals surface area contributed by atoms with Gasteiger partial charge < -0.3 is 15.3 Å². The second-order valence-corrected chi connectivity index (χ2v) is 4.83. The van der Waals surface area contributed by atoms with Gasteiger partial charge in [-0.3, -0.25) is 4.79 Å². The number of hydrogen-bond donors (Lipinski definition) is 2. The van der Waals surface area contributed by atoms with Crippen LogP contribution in [0.1, 0.15) is 26.2 Å². The van der Waals surface area contributed by atoms with Gasteiger partial charge in [-0.05, 0) is 25.2 Å². The highest BCUT2D eigenvalue weighted by Gasteiger charge is 2.28. The number of β-amino-alcohol motifs (C(OH)–C–C–N with tert-alkyl or cyclic N) is 1. The summed E-state index contributed by atoms with van der Waals surface area (Å²) in [4.78, 5) is 13.5. The highest BCUT2D eigenvalue weighted by Crippen LogP contribution is 2.19. The molecule has 0 aromatic heterocycles. The number of nitrogens with zero attached hydrogens (tertiary/aromatic N) is 1. The molecule has 2 atom stereocenters.